The van der Waals surface area contributed by atoms with Crippen LogP contribution in [-0.4, -0.2) is 22.7 Å². The van der Waals surface area contributed by atoms with Crippen molar-refractivity contribution >= 4 is 44.9 Å². The highest BCUT2D eigenvalue weighted by Gasteiger charge is 2.30. The van der Waals surface area contributed by atoms with Crippen LogP contribution in [0, 0.1) is 0 Å². The Morgan fingerprint density at radius 1 is 1.26 bits per heavy atom. The van der Waals surface area contributed by atoms with Crippen molar-refractivity contribution in [3.8, 4) is 0 Å². The van der Waals surface area contributed by atoms with Crippen molar-refractivity contribution in [1.82, 2.24) is 4.98 Å². The molecule has 23 heavy (non-hydrogen) atoms. The Kier molecular flexibility index (Phi) is 3.83. The normalized spacial score (nSPS) is 16.7. The summed E-state index contributed by atoms with van der Waals surface area (Å²) in [4.78, 5) is 19.2. The van der Waals surface area contributed by atoms with E-state index in [0.29, 0.717) is 5.75 Å². The molecule has 5 heteroatoms. The Morgan fingerprint density at radius 3 is 2.91 bits per heavy atom. The quantitative estimate of drug-likeness (QED) is 0.664. The maximum Gasteiger partial charge on any atom is 0.237 e. The lowest BCUT2D eigenvalue weighted by Gasteiger charge is -2.22. The van der Waals surface area contributed by atoms with Gasteiger partial charge in [-0.25, -0.2) is 4.98 Å². The van der Waals surface area contributed by atoms with Crippen LogP contribution >= 0.6 is 23.1 Å². The highest BCUT2D eigenvalue weighted by Crippen LogP contribution is 2.34. The number of aromatic nitrogens is 1. The zero-order valence-corrected chi connectivity index (χ0v) is 14.4. The molecule has 0 bridgehead atoms. The van der Waals surface area contributed by atoms with E-state index in [4.69, 9.17) is 0 Å². The van der Waals surface area contributed by atoms with Gasteiger partial charge in [-0.3, -0.25) is 4.79 Å². The van der Waals surface area contributed by atoms with E-state index in [2.05, 4.69) is 24.0 Å². The first-order chi connectivity index (χ1) is 11.2. The molecule has 0 spiro atoms. The van der Waals surface area contributed by atoms with Crippen molar-refractivity contribution in [2.45, 2.75) is 23.7 Å². The van der Waals surface area contributed by atoms with E-state index in [1.54, 1.807) is 11.3 Å². The van der Waals surface area contributed by atoms with E-state index in [1.165, 1.54) is 22.0 Å². The molecule has 1 amide bonds. The van der Waals surface area contributed by atoms with E-state index in [9.17, 15) is 4.79 Å². The number of thiazole rings is 1. The second-order valence-electron chi connectivity index (χ2n) is 5.68. The number of thioether (sulfide) groups is 1. The molecule has 0 saturated carbocycles. The Hall–Kier alpha value is -1.85. The zero-order valence-electron chi connectivity index (χ0n) is 12.7. The maximum absolute atomic E-state index is 12.7. The van der Waals surface area contributed by atoms with Gasteiger partial charge in [0.2, 0.25) is 5.91 Å². The monoisotopic (exact) mass is 340 g/mol. The Bertz CT molecular complexity index is 841. The van der Waals surface area contributed by atoms with Gasteiger partial charge in [-0.05, 0) is 37.1 Å². The number of fused-ring (bicyclic) bond motifs is 2. The van der Waals surface area contributed by atoms with Crippen molar-refractivity contribution in [1.29, 1.82) is 0 Å². The number of anilines is 1. The fraction of sp³-hybridized carbons (Fsp3) is 0.222. The molecule has 0 aliphatic carbocycles. The minimum atomic E-state index is 0.159. The molecule has 116 valence electrons. The van der Waals surface area contributed by atoms with Crippen LogP contribution in [0.5, 0.6) is 0 Å². The Labute approximate surface area is 143 Å². The first kappa shape index (κ1) is 14.7. The molecule has 4 rings (SSSR count). The number of benzene rings is 2. The number of hydrogen-bond donors (Lipinski definition) is 0. The lowest BCUT2D eigenvalue weighted by Crippen LogP contribution is -2.36. The van der Waals surface area contributed by atoms with Crippen LogP contribution in [0.2, 0.25) is 0 Å². The summed E-state index contributed by atoms with van der Waals surface area (Å²) in [5.74, 6) is 0.588. The van der Waals surface area contributed by atoms with Crippen LogP contribution in [0.15, 0.2) is 52.9 Å². The largest absolute Gasteiger partial charge is 0.308 e. The zero-order chi connectivity index (χ0) is 15.8. The van der Waals surface area contributed by atoms with Gasteiger partial charge in [0.15, 0.2) is 4.34 Å². The highest BCUT2D eigenvalue weighted by molar-refractivity contribution is 8.01. The third kappa shape index (κ3) is 2.75. The molecule has 1 aliphatic rings. The van der Waals surface area contributed by atoms with Crippen molar-refractivity contribution in [2.75, 3.05) is 10.7 Å². The second kappa shape index (κ2) is 5.98. The van der Waals surface area contributed by atoms with Crippen molar-refractivity contribution in [3.05, 3.63) is 54.1 Å². The first-order valence-electron chi connectivity index (χ1n) is 7.61. The molecule has 3 nitrogen and oxygen atoms in total. The van der Waals surface area contributed by atoms with Gasteiger partial charge in [0, 0.05) is 11.7 Å². The number of hydrogen-bond acceptors (Lipinski definition) is 4. The number of para-hydroxylation sites is 2. The van der Waals surface area contributed by atoms with Crippen LogP contribution in [0.25, 0.3) is 10.2 Å². The molecule has 2 aromatic carbocycles. The average Bonchev–Trinajstić information content (AvgIpc) is 3.12. The van der Waals surface area contributed by atoms with Crippen LogP contribution in [-0.2, 0) is 11.2 Å². The molecule has 0 fully saturated rings. The minimum absolute atomic E-state index is 0.159. The number of amides is 1. The Balaban J connectivity index is 1.50. The van der Waals surface area contributed by atoms with Gasteiger partial charge < -0.3 is 4.90 Å². The summed E-state index contributed by atoms with van der Waals surface area (Å²) < 4.78 is 2.13. The van der Waals surface area contributed by atoms with Crippen molar-refractivity contribution < 1.29 is 4.79 Å². The van der Waals surface area contributed by atoms with Crippen LogP contribution in [0.1, 0.15) is 12.5 Å². The molecule has 0 radical (unpaired) electrons. The third-order valence-electron chi connectivity index (χ3n) is 4.07. The lowest BCUT2D eigenvalue weighted by molar-refractivity contribution is -0.116. The van der Waals surface area contributed by atoms with Crippen LogP contribution in [0.3, 0.4) is 0 Å². The standard InChI is InChI=1S/C18H16N2OS2/c1-12-10-13-6-2-4-8-15(13)20(12)17(21)11-22-18-19-14-7-3-5-9-16(14)23-18/h2-9,12H,10-11H2,1H3/t12-/m0/s1. The van der Waals surface area contributed by atoms with Gasteiger partial charge in [0.1, 0.15) is 0 Å². The van der Waals surface area contributed by atoms with Crippen LogP contribution in [0.4, 0.5) is 5.69 Å². The summed E-state index contributed by atoms with van der Waals surface area (Å²) in [5, 5.41) is 0. The summed E-state index contributed by atoms with van der Waals surface area (Å²) in [5.41, 5.74) is 3.33. The molecule has 3 aromatic rings. The molecular formula is C18H16N2OS2. The predicted octanol–water partition coefficient (Wildman–Crippen LogP) is 4.37. The van der Waals surface area contributed by atoms with E-state index < -0.39 is 0 Å². The average molecular weight is 340 g/mol. The first-order valence-corrected chi connectivity index (χ1v) is 9.41. The number of nitrogens with zero attached hydrogens (tertiary/aromatic N) is 2. The summed E-state index contributed by atoms with van der Waals surface area (Å²) in [6.45, 7) is 2.11. The van der Waals surface area contributed by atoms with Gasteiger partial charge in [0.05, 0.1) is 16.0 Å². The van der Waals surface area contributed by atoms with Gasteiger partial charge in [-0.1, -0.05) is 42.1 Å². The van der Waals surface area contributed by atoms with E-state index in [0.717, 1.165) is 22.0 Å². The highest BCUT2D eigenvalue weighted by atomic mass is 32.2. The molecule has 0 saturated heterocycles. The number of carbonyl (C=O) groups excluding carboxylic acids is 1. The minimum Gasteiger partial charge on any atom is -0.308 e. The summed E-state index contributed by atoms with van der Waals surface area (Å²) in [6, 6.07) is 16.5. The number of carbonyl (C=O) groups is 1. The van der Waals surface area contributed by atoms with Gasteiger partial charge in [-0.15, -0.1) is 11.3 Å². The molecular weight excluding hydrogens is 324 g/mol. The van der Waals surface area contributed by atoms with Crippen molar-refractivity contribution in [3.63, 3.8) is 0 Å². The summed E-state index contributed by atoms with van der Waals surface area (Å²) in [6.07, 6.45) is 0.938. The van der Waals surface area contributed by atoms with Gasteiger partial charge in [0.25, 0.3) is 0 Å². The summed E-state index contributed by atoms with van der Waals surface area (Å²) in [7, 11) is 0. The van der Waals surface area contributed by atoms with E-state index in [1.807, 2.05) is 41.3 Å². The fourth-order valence-electron chi connectivity index (χ4n) is 3.05. The van der Waals surface area contributed by atoms with Crippen molar-refractivity contribution in [2.24, 2.45) is 0 Å². The molecule has 2 heterocycles. The lowest BCUT2D eigenvalue weighted by atomic mass is 10.1. The van der Waals surface area contributed by atoms with E-state index in [-0.39, 0.29) is 11.9 Å². The molecule has 0 unspecified atom stereocenters. The fourth-order valence-corrected chi connectivity index (χ4v) is 4.98. The molecule has 1 atom stereocenters. The molecule has 1 aromatic heterocycles. The maximum atomic E-state index is 12.7. The topological polar surface area (TPSA) is 33.2 Å². The second-order valence-corrected chi connectivity index (χ2v) is 7.93. The van der Waals surface area contributed by atoms with Gasteiger partial charge in [-0.2, -0.15) is 0 Å². The molecule has 0 N–H and O–H groups in total. The smallest absolute Gasteiger partial charge is 0.237 e. The van der Waals surface area contributed by atoms with Crippen LogP contribution < -0.4 is 4.90 Å². The Morgan fingerprint density at radius 2 is 2.04 bits per heavy atom. The SMILES string of the molecule is C[C@H]1Cc2ccccc2N1C(=O)CSc1nc2ccccc2s1. The summed E-state index contributed by atoms with van der Waals surface area (Å²) >= 11 is 3.18. The molecule has 1 aliphatic heterocycles. The van der Waals surface area contributed by atoms with E-state index >= 15 is 0 Å². The third-order valence-corrected chi connectivity index (χ3v) is 6.23. The number of rotatable bonds is 3. The van der Waals surface area contributed by atoms with Gasteiger partial charge >= 0.3 is 0 Å². The predicted molar refractivity (Wildman–Crippen MR) is 97.4 cm³/mol.